The number of ether oxygens (including phenoxy) is 2. The molecule has 176 valence electrons. The molecule has 0 bridgehead atoms. The summed E-state index contributed by atoms with van der Waals surface area (Å²) >= 11 is 8.39. The number of thioether (sulfide) groups is 1. The Labute approximate surface area is 224 Å². The molecule has 1 saturated heterocycles. The first-order valence-electron chi connectivity index (χ1n) is 10.6. The first kappa shape index (κ1) is 25.0. The minimum absolute atomic E-state index is 0.208. The highest BCUT2D eigenvalue weighted by molar-refractivity contribution is 9.11. The number of nitriles is 1. The average molecular weight is 613 g/mol. The number of nitrogens with zero attached hydrogens (tertiary/aromatic N) is 2. The van der Waals surface area contributed by atoms with Crippen molar-refractivity contribution in [2.45, 2.75) is 13.5 Å². The fourth-order valence-electron chi connectivity index (χ4n) is 3.24. The highest BCUT2D eigenvalue weighted by Gasteiger charge is 2.24. The highest BCUT2D eigenvalue weighted by Crippen LogP contribution is 2.37. The van der Waals surface area contributed by atoms with Crippen molar-refractivity contribution in [3.05, 3.63) is 91.2 Å². The number of nitrogens with one attached hydrogen (secondary N) is 1. The molecule has 0 radical (unpaired) electrons. The van der Waals surface area contributed by atoms with Crippen molar-refractivity contribution >= 4 is 66.5 Å². The number of halogens is 2. The summed E-state index contributed by atoms with van der Waals surface area (Å²) in [5.74, 6) is 1.18. The summed E-state index contributed by atoms with van der Waals surface area (Å²) in [6.07, 6.45) is 1.80. The van der Waals surface area contributed by atoms with Gasteiger partial charge in [-0.15, -0.1) is 0 Å². The van der Waals surface area contributed by atoms with Crippen LogP contribution in [0.1, 0.15) is 23.6 Å². The van der Waals surface area contributed by atoms with E-state index in [1.807, 2.05) is 61.5 Å². The first-order valence-corrected chi connectivity index (χ1v) is 13.0. The van der Waals surface area contributed by atoms with Crippen LogP contribution in [0, 0.1) is 11.3 Å². The maximum Gasteiger partial charge on any atom is 0.264 e. The third-order valence-electron chi connectivity index (χ3n) is 4.86. The van der Waals surface area contributed by atoms with E-state index in [-0.39, 0.29) is 12.5 Å². The van der Waals surface area contributed by atoms with Gasteiger partial charge in [-0.3, -0.25) is 4.79 Å². The van der Waals surface area contributed by atoms with Crippen molar-refractivity contribution in [2.75, 3.05) is 6.61 Å². The summed E-state index contributed by atoms with van der Waals surface area (Å²) in [6, 6.07) is 20.6. The van der Waals surface area contributed by atoms with Crippen LogP contribution < -0.4 is 14.8 Å². The molecular weight excluding hydrogens is 594 g/mol. The largest absolute Gasteiger partial charge is 0.494 e. The second kappa shape index (κ2) is 11.6. The number of carbonyl (C=O) groups excluding carboxylic acids is 1. The van der Waals surface area contributed by atoms with Gasteiger partial charge in [0.15, 0.2) is 5.17 Å². The Morgan fingerprint density at radius 2 is 1.80 bits per heavy atom. The van der Waals surface area contributed by atoms with Crippen LogP contribution in [0.25, 0.3) is 6.08 Å². The topological polar surface area (TPSA) is 83.7 Å². The van der Waals surface area contributed by atoms with Gasteiger partial charge < -0.3 is 14.8 Å². The van der Waals surface area contributed by atoms with Gasteiger partial charge in [0.1, 0.15) is 18.1 Å². The normalized spacial score (nSPS) is 15.2. The molecule has 3 aromatic carbocycles. The molecule has 0 atom stereocenters. The van der Waals surface area contributed by atoms with Crippen LogP contribution in [-0.2, 0) is 11.4 Å². The van der Waals surface area contributed by atoms with Crippen LogP contribution in [0.4, 0.5) is 5.69 Å². The van der Waals surface area contributed by atoms with Crippen LogP contribution in [0.3, 0.4) is 0 Å². The molecule has 1 aliphatic rings. The minimum Gasteiger partial charge on any atom is -0.494 e. The molecule has 0 aliphatic carbocycles. The quantitative estimate of drug-likeness (QED) is 0.292. The first-order chi connectivity index (χ1) is 17.0. The second-order valence-corrected chi connectivity index (χ2v) is 10.0. The molecule has 0 unspecified atom stereocenters. The van der Waals surface area contributed by atoms with Crippen molar-refractivity contribution in [1.29, 1.82) is 5.26 Å². The lowest BCUT2D eigenvalue weighted by molar-refractivity contribution is -0.115. The van der Waals surface area contributed by atoms with Crippen molar-refractivity contribution in [3.63, 3.8) is 0 Å². The number of benzene rings is 3. The summed E-state index contributed by atoms with van der Waals surface area (Å²) in [5, 5.41) is 12.6. The Morgan fingerprint density at radius 1 is 1.09 bits per heavy atom. The standard InChI is InChI=1S/C26H19Br2N3O3S/c1-2-33-20-9-7-19(8-10-20)30-26-31-25(32)23(35-26)13-16-11-21(27)24(22(28)12-16)34-15-18-6-4-3-5-17(18)14-29/h3-13H,2,15H2,1H3,(H,30,31,32)/b23-13+. The Kier molecular flexibility index (Phi) is 8.29. The summed E-state index contributed by atoms with van der Waals surface area (Å²) in [5.41, 5.74) is 2.92. The van der Waals surface area contributed by atoms with Crippen LogP contribution in [0.15, 0.2) is 79.5 Å². The maximum absolute atomic E-state index is 12.5. The molecule has 0 aromatic heterocycles. The van der Waals surface area contributed by atoms with E-state index in [9.17, 15) is 10.1 Å². The third-order valence-corrected chi connectivity index (χ3v) is 6.95. The van der Waals surface area contributed by atoms with Gasteiger partial charge >= 0.3 is 0 Å². The van der Waals surface area contributed by atoms with Crippen molar-refractivity contribution in [3.8, 4) is 17.6 Å². The molecule has 0 saturated carbocycles. The summed E-state index contributed by atoms with van der Waals surface area (Å²) in [4.78, 5) is 17.5. The van der Waals surface area contributed by atoms with E-state index in [0.717, 1.165) is 31.5 Å². The monoisotopic (exact) mass is 611 g/mol. The lowest BCUT2D eigenvalue weighted by atomic mass is 10.1. The summed E-state index contributed by atoms with van der Waals surface area (Å²) in [7, 11) is 0. The fourth-order valence-corrected chi connectivity index (χ4v) is 5.53. The second-order valence-electron chi connectivity index (χ2n) is 7.28. The molecule has 3 aromatic rings. The van der Waals surface area contributed by atoms with E-state index in [4.69, 9.17) is 9.47 Å². The molecule has 1 aliphatic heterocycles. The Hall–Kier alpha value is -3.06. The van der Waals surface area contributed by atoms with Gasteiger partial charge in [0, 0.05) is 5.56 Å². The predicted molar refractivity (Wildman–Crippen MR) is 146 cm³/mol. The molecule has 1 fully saturated rings. The number of carbonyl (C=O) groups is 1. The smallest absolute Gasteiger partial charge is 0.264 e. The maximum atomic E-state index is 12.5. The number of amidine groups is 1. The number of hydrogen-bond acceptors (Lipinski definition) is 6. The molecule has 35 heavy (non-hydrogen) atoms. The Balaban J connectivity index is 1.48. The van der Waals surface area contributed by atoms with Gasteiger partial charge in [-0.25, -0.2) is 4.99 Å². The van der Waals surface area contributed by atoms with Crippen LogP contribution in [0.2, 0.25) is 0 Å². The summed E-state index contributed by atoms with van der Waals surface area (Å²) in [6.45, 7) is 2.79. The molecule has 9 heteroatoms. The lowest BCUT2D eigenvalue weighted by Crippen LogP contribution is -2.19. The molecule has 0 spiro atoms. The summed E-state index contributed by atoms with van der Waals surface area (Å²) < 4.78 is 12.9. The minimum atomic E-state index is -0.208. The van der Waals surface area contributed by atoms with Crippen LogP contribution in [-0.4, -0.2) is 17.7 Å². The molecule has 1 amide bonds. The van der Waals surface area contributed by atoms with Gasteiger partial charge in [-0.05, 0) is 105 Å². The number of hydrogen-bond donors (Lipinski definition) is 1. The molecule has 1 N–H and O–H groups in total. The van der Waals surface area contributed by atoms with Crippen molar-refractivity contribution < 1.29 is 14.3 Å². The van der Waals surface area contributed by atoms with Crippen molar-refractivity contribution in [2.24, 2.45) is 4.99 Å². The van der Waals surface area contributed by atoms with Gasteiger partial charge in [0.05, 0.1) is 37.8 Å². The van der Waals surface area contributed by atoms with E-state index in [1.165, 1.54) is 11.8 Å². The van der Waals surface area contributed by atoms with Gasteiger partial charge in [-0.1, -0.05) is 18.2 Å². The molecular formula is C26H19Br2N3O3S. The van der Waals surface area contributed by atoms with Gasteiger partial charge in [-0.2, -0.15) is 5.26 Å². The third kappa shape index (κ3) is 6.34. The molecule has 4 rings (SSSR count). The van der Waals surface area contributed by atoms with Gasteiger partial charge in [0.25, 0.3) is 5.91 Å². The Morgan fingerprint density at radius 3 is 2.49 bits per heavy atom. The fraction of sp³-hybridized carbons (Fsp3) is 0.115. The van der Waals surface area contributed by atoms with Gasteiger partial charge in [0.2, 0.25) is 0 Å². The van der Waals surface area contributed by atoms with Crippen LogP contribution in [0.5, 0.6) is 11.5 Å². The zero-order chi connectivity index (χ0) is 24.8. The highest BCUT2D eigenvalue weighted by atomic mass is 79.9. The van der Waals surface area contributed by atoms with E-state index >= 15 is 0 Å². The van der Waals surface area contributed by atoms with E-state index in [0.29, 0.717) is 28.0 Å². The van der Waals surface area contributed by atoms with E-state index in [2.05, 4.69) is 48.2 Å². The number of aliphatic imine (C=N–C) groups is 1. The SMILES string of the molecule is CCOc1ccc(N=C2NC(=O)/C(=C\c3cc(Br)c(OCc4ccccc4C#N)c(Br)c3)S2)cc1. The molecule has 1 heterocycles. The predicted octanol–water partition coefficient (Wildman–Crippen LogP) is 6.95. The number of amides is 1. The molecule has 6 nitrogen and oxygen atoms in total. The zero-order valence-electron chi connectivity index (χ0n) is 18.5. The average Bonchev–Trinajstić information content (AvgIpc) is 3.18. The van der Waals surface area contributed by atoms with Crippen molar-refractivity contribution in [1.82, 2.24) is 5.32 Å². The van der Waals surface area contributed by atoms with E-state index < -0.39 is 0 Å². The number of rotatable bonds is 7. The Bertz CT molecular complexity index is 1340. The van der Waals surface area contributed by atoms with E-state index in [1.54, 1.807) is 12.1 Å². The lowest BCUT2D eigenvalue weighted by Gasteiger charge is -2.12. The zero-order valence-corrected chi connectivity index (χ0v) is 22.5. The van der Waals surface area contributed by atoms with Crippen LogP contribution >= 0.6 is 43.6 Å².